The molecule has 3 aromatic rings. The Balaban J connectivity index is 1.42. The maximum absolute atomic E-state index is 13.5. The lowest BCUT2D eigenvalue weighted by atomic mass is 10.2. The van der Waals surface area contributed by atoms with Crippen molar-refractivity contribution in [1.29, 1.82) is 0 Å². The van der Waals surface area contributed by atoms with Crippen molar-refractivity contribution in [3.8, 4) is 5.82 Å². The highest BCUT2D eigenvalue weighted by atomic mass is 19.4. The smallest absolute Gasteiger partial charge is 0.435 e. The Morgan fingerprint density at radius 2 is 2.03 bits per heavy atom. The Bertz CT molecular complexity index is 1180. The highest BCUT2D eigenvalue weighted by Crippen LogP contribution is 2.31. The number of hydrogen-bond donors (Lipinski definition) is 2. The van der Waals surface area contributed by atoms with Gasteiger partial charge in [-0.3, -0.25) is 4.79 Å². The van der Waals surface area contributed by atoms with Gasteiger partial charge in [-0.1, -0.05) is 6.07 Å². The van der Waals surface area contributed by atoms with E-state index in [-0.39, 0.29) is 23.6 Å². The third-order valence-corrected chi connectivity index (χ3v) is 5.20. The van der Waals surface area contributed by atoms with Crippen LogP contribution in [-0.2, 0) is 10.9 Å². The lowest BCUT2D eigenvalue weighted by Crippen LogP contribution is -2.32. The number of nitrogens with zero attached hydrogens (tertiary/aromatic N) is 5. The molecule has 0 spiro atoms. The van der Waals surface area contributed by atoms with Crippen LogP contribution in [0.1, 0.15) is 29.4 Å². The van der Waals surface area contributed by atoms with Crippen molar-refractivity contribution in [1.82, 2.24) is 24.6 Å². The summed E-state index contributed by atoms with van der Waals surface area (Å²) in [5, 5.41) is 9.13. The quantitative estimate of drug-likeness (QED) is 0.544. The molecule has 1 unspecified atom stereocenters. The molecule has 0 radical (unpaired) electrons. The number of halogens is 3. The van der Waals surface area contributed by atoms with Crippen molar-refractivity contribution in [3.05, 3.63) is 60.2 Å². The van der Waals surface area contributed by atoms with Gasteiger partial charge in [-0.05, 0) is 37.6 Å². The molecule has 1 fully saturated rings. The Kier molecular flexibility index (Phi) is 6.85. The first kappa shape index (κ1) is 24.0. The van der Waals surface area contributed by atoms with Crippen molar-refractivity contribution in [2.45, 2.75) is 25.6 Å². The molecule has 2 N–H and O–H groups in total. The van der Waals surface area contributed by atoms with Gasteiger partial charge in [0.15, 0.2) is 11.5 Å². The molecule has 4 heterocycles. The van der Waals surface area contributed by atoms with Crippen molar-refractivity contribution >= 4 is 23.5 Å². The predicted octanol–water partition coefficient (Wildman–Crippen LogP) is 3.58. The van der Waals surface area contributed by atoms with Crippen LogP contribution in [0, 0.1) is 0 Å². The van der Waals surface area contributed by atoms with Crippen LogP contribution in [0.4, 0.5) is 29.5 Å². The standard InChI is InChI=1S/C22H22F3N7O3/c1-2-35-21(34)31-10-8-15(12-31)28-17-7-6-14(11-27-17)29-20(33)16-13-32(18-5-3-4-9-26-18)30-19(16)22(23,24)25/h3-7,9,11,13,15H,2,8,10,12H2,1H3,(H,27,28)(H,29,33). The van der Waals surface area contributed by atoms with E-state index in [0.717, 1.165) is 10.9 Å². The minimum atomic E-state index is -4.84. The number of aromatic nitrogens is 4. The van der Waals surface area contributed by atoms with E-state index in [1.54, 1.807) is 30.0 Å². The number of carbonyl (C=O) groups excluding carboxylic acids is 2. The SMILES string of the molecule is CCOC(=O)N1CCC(Nc2ccc(NC(=O)c3cn(-c4ccccn4)nc3C(F)(F)F)cn2)C1. The number of hydrogen-bond acceptors (Lipinski definition) is 7. The number of amides is 2. The maximum atomic E-state index is 13.5. The number of ether oxygens (including phenoxy) is 1. The summed E-state index contributed by atoms with van der Waals surface area (Å²) < 4.78 is 46.4. The molecule has 10 nitrogen and oxygen atoms in total. The van der Waals surface area contributed by atoms with Crippen LogP contribution in [0.3, 0.4) is 0 Å². The van der Waals surface area contributed by atoms with Gasteiger partial charge in [0.25, 0.3) is 5.91 Å². The Hall–Kier alpha value is -4.16. The molecule has 1 aliphatic rings. The molecule has 4 rings (SSSR count). The average Bonchev–Trinajstić information content (AvgIpc) is 3.49. The van der Waals surface area contributed by atoms with Crippen molar-refractivity contribution in [2.75, 3.05) is 30.3 Å². The second kappa shape index (κ2) is 9.99. The third kappa shape index (κ3) is 5.67. The molecular weight excluding hydrogens is 467 g/mol. The molecule has 3 aromatic heterocycles. The van der Waals surface area contributed by atoms with Crippen LogP contribution >= 0.6 is 0 Å². The van der Waals surface area contributed by atoms with Gasteiger partial charge in [-0.25, -0.2) is 19.4 Å². The van der Waals surface area contributed by atoms with Gasteiger partial charge < -0.3 is 20.3 Å². The second-order valence-electron chi connectivity index (χ2n) is 7.68. The molecule has 2 amide bonds. The monoisotopic (exact) mass is 489 g/mol. The third-order valence-electron chi connectivity index (χ3n) is 5.20. The summed E-state index contributed by atoms with van der Waals surface area (Å²) in [7, 11) is 0. The summed E-state index contributed by atoms with van der Waals surface area (Å²) in [4.78, 5) is 34.2. The Morgan fingerprint density at radius 3 is 2.69 bits per heavy atom. The number of carbonyl (C=O) groups is 2. The van der Waals surface area contributed by atoms with E-state index < -0.39 is 23.3 Å². The van der Waals surface area contributed by atoms with Gasteiger partial charge in [-0.2, -0.15) is 18.3 Å². The Labute approximate surface area is 198 Å². The molecule has 0 saturated carbocycles. The zero-order chi connectivity index (χ0) is 25.0. The van der Waals surface area contributed by atoms with Gasteiger partial charge >= 0.3 is 12.3 Å². The number of rotatable bonds is 6. The first-order chi connectivity index (χ1) is 16.7. The van der Waals surface area contributed by atoms with Gasteiger partial charge in [0.2, 0.25) is 0 Å². The first-order valence-electron chi connectivity index (χ1n) is 10.8. The minimum absolute atomic E-state index is 0.0286. The summed E-state index contributed by atoms with van der Waals surface area (Å²) >= 11 is 0. The van der Waals surface area contributed by atoms with E-state index in [0.29, 0.717) is 31.9 Å². The van der Waals surface area contributed by atoms with Gasteiger partial charge in [0.1, 0.15) is 5.82 Å². The molecule has 1 aliphatic heterocycles. The van der Waals surface area contributed by atoms with E-state index in [2.05, 4.69) is 25.7 Å². The molecule has 1 saturated heterocycles. The largest absolute Gasteiger partial charge is 0.450 e. The summed E-state index contributed by atoms with van der Waals surface area (Å²) in [5.41, 5.74) is -1.76. The van der Waals surface area contributed by atoms with E-state index in [1.165, 1.54) is 24.5 Å². The van der Waals surface area contributed by atoms with Crippen molar-refractivity contribution in [2.24, 2.45) is 0 Å². The highest BCUT2D eigenvalue weighted by Gasteiger charge is 2.39. The molecule has 1 atom stereocenters. The molecule has 0 bridgehead atoms. The zero-order valence-electron chi connectivity index (χ0n) is 18.6. The molecule has 35 heavy (non-hydrogen) atoms. The van der Waals surface area contributed by atoms with Crippen molar-refractivity contribution in [3.63, 3.8) is 0 Å². The molecule has 0 aromatic carbocycles. The maximum Gasteiger partial charge on any atom is 0.435 e. The van der Waals surface area contributed by atoms with Crippen LogP contribution in [0.15, 0.2) is 48.9 Å². The summed E-state index contributed by atoms with van der Waals surface area (Å²) in [5.74, 6) is -0.344. The fourth-order valence-corrected chi connectivity index (χ4v) is 3.58. The number of nitrogens with one attached hydrogen (secondary N) is 2. The predicted molar refractivity (Wildman–Crippen MR) is 119 cm³/mol. The number of alkyl halides is 3. The summed E-state index contributed by atoms with van der Waals surface area (Å²) in [6.07, 6.45) is -0.775. The number of anilines is 2. The fraction of sp³-hybridized carbons (Fsp3) is 0.318. The first-order valence-corrected chi connectivity index (χ1v) is 10.8. The van der Waals surface area contributed by atoms with Crippen LogP contribution in [0.5, 0.6) is 0 Å². The molecule has 0 aliphatic carbocycles. The molecular formula is C22H22F3N7O3. The van der Waals surface area contributed by atoms with Gasteiger partial charge in [0.05, 0.1) is 24.1 Å². The van der Waals surface area contributed by atoms with E-state index in [9.17, 15) is 22.8 Å². The van der Waals surface area contributed by atoms with Crippen LogP contribution < -0.4 is 10.6 Å². The zero-order valence-corrected chi connectivity index (χ0v) is 18.6. The highest BCUT2D eigenvalue weighted by molar-refractivity contribution is 6.05. The van der Waals surface area contributed by atoms with Crippen LogP contribution in [0.25, 0.3) is 5.82 Å². The topological polar surface area (TPSA) is 114 Å². The summed E-state index contributed by atoms with van der Waals surface area (Å²) in [6, 6.07) is 7.75. The minimum Gasteiger partial charge on any atom is -0.450 e. The van der Waals surface area contributed by atoms with Crippen LogP contribution in [0.2, 0.25) is 0 Å². The lowest BCUT2D eigenvalue weighted by Gasteiger charge is -2.16. The molecule has 184 valence electrons. The van der Waals surface area contributed by atoms with Crippen molar-refractivity contribution < 1.29 is 27.5 Å². The van der Waals surface area contributed by atoms with Gasteiger partial charge in [0, 0.05) is 31.5 Å². The number of pyridine rings is 2. The van der Waals surface area contributed by atoms with E-state index in [4.69, 9.17) is 4.74 Å². The number of likely N-dealkylation sites (tertiary alicyclic amines) is 1. The Morgan fingerprint density at radius 1 is 1.20 bits per heavy atom. The van der Waals surface area contributed by atoms with E-state index >= 15 is 0 Å². The average molecular weight is 489 g/mol. The fourth-order valence-electron chi connectivity index (χ4n) is 3.58. The molecule has 13 heteroatoms. The van der Waals surface area contributed by atoms with Crippen LogP contribution in [-0.4, -0.2) is 62.4 Å². The van der Waals surface area contributed by atoms with E-state index in [1.807, 2.05) is 0 Å². The normalized spacial score (nSPS) is 15.7. The van der Waals surface area contributed by atoms with Gasteiger partial charge in [-0.15, -0.1) is 0 Å². The lowest BCUT2D eigenvalue weighted by molar-refractivity contribution is -0.141. The summed E-state index contributed by atoms with van der Waals surface area (Å²) in [6.45, 7) is 3.05. The second-order valence-corrected chi connectivity index (χ2v) is 7.68.